The Kier molecular flexibility index (Phi) is 5.38. The maximum absolute atomic E-state index is 13.2. The lowest BCUT2D eigenvalue weighted by molar-refractivity contribution is 0.102. The van der Waals surface area contributed by atoms with Crippen molar-refractivity contribution in [3.05, 3.63) is 71.0 Å². The molecule has 1 aromatic heterocycles. The number of carbonyl (C=O) groups excluding carboxylic acids is 1. The molecule has 1 N–H and O–H groups in total. The molecule has 29 heavy (non-hydrogen) atoms. The second-order valence-corrected chi connectivity index (χ2v) is 7.93. The van der Waals surface area contributed by atoms with Gasteiger partial charge in [-0.1, -0.05) is 24.6 Å². The Labute approximate surface area is 172 Å². The monoisotopic (exact) mass is 388 g/mol. The molecule has 2 aromatic carbocycles. The van der Waals surface area contributed by atoms with Crippen LogP contribution in [0.25, 0.3) is 5.69 Å². The lowest BCUT2D eigenvalue weighted by atomic mass is 10.1. The molecule has 1 amide bonds. The van der Waals surface area contributed by atoms with Gasteiger partial charge >= 0.3 is 0 Å². The molecule has 0 fully saturated rings. The Morgan fingerprint density at radius 2 is 1.79 bits per heavy atom. The fraction of sp³-hybridized carbons (Fsp3) is 0.333. The van der Waals surface area contributed by atoms with Crippen LogP contribution in [0.3, 0.4) is 0 Å². The summed E-state index contributed by atoms with van der Waals surface area (Å²) in [7, 11) is 4.02. The third-order valence-electron chi connectivity index (χ3n) is 5.62. The van der Waals surface area contributed by atoms with Crippen LogP contribution >= 0.6 is 0 Å². The molecule has 0 saturated heterocycles. The first-order valence-electron chi connectivity index (χ1n) is 10.3. The average molecular weight is 389 g/mol. The molecule has 0 unspecified atom stereocenters. The van der Waals surface area contributed by atoms with Gasteiger partial charge in [-0.3, -0.25) is 4.79 Å². The predicted octanol–water partition coefficient (Wildman–Crippen LogP) is 4.77. The number of rotatable bonds is 4. The van der Waals surface area contributed by atoms with Crippen molar-refractivity contribution in [2.75, 3.05) is 24.3 Å². The minimum atomic E-state index is -0.126. The Morgan fingerprint density at radius 1 is 1.03 bits per heavy atom. The number of amides is 1. The van der Waals surface area contributed by atoms with Crippen LogP contribution in [0.15, 0.2) is 48.5 Å². The fourth-order valence-electron chi connectivity index (χ4n) is 3.99. The van der Waals surface area contributed by atoms with Crippen LogP contribution < -0.4 is 10.2 Å². The van der Waals surface area contributed by atoms with E-state index in [2.05, 4.69) is 16.3 Å². The molecule has 3 aromatic rings. The number of para-hydroxylation sites is 1. The molecule has 0 bridgehead atoms. The smallest absolute Gasteiger partial charge is 0.276 e. The third kappa shape index (κ3) is 3.90. The first kappa shape index (κ1) is 19.2. The summed E-state index contributed by atoms with van der Waals surface area (Å²) in [6.07, 6.45) is 5.29. The Balaban J connectivity index is 1.69. The van der Waals surface area contributed by atoms with E-state index in [9.17, 15) is 4.79 Å². The van der Waals surface area contributed by atoms with E-state index in [1.807, 2.05) is 68.2 Å². The highest BCUT2D eigenvalue weighted by atomic mass is 16.2. The fourth-order valence-corrected chi connectivity index (χ4v) is 3.99. The summed E-state index contributed by atoms with van der Waals surface area (Å²) in [6, 6.07) is 16.2. The second-order valence-electron chi connectivity index (χ2n) is 7.93. The molecule has 150 valence electrons. The van der Waals surface area contributed by atoms with Gasteiger partial charge in [0.05, 0.1) is 5.69 Å². The molecule has 1 heterocycles. The minimum Gasteiger partial charge on any atom is -0.378 e. The van der Waals surface area contributed by atoms with Crippen molar-refractivity contribution in [1.29, 1.82) is 0 Å². The first-order valence-corrected chi connectivity index (χ1v) is 10.3. The molecular weight excluding hydrogens is 360 g/mol. The molecule has 1 aliphatic rings. The number of anilines is 2. The third-order valence-corrected chi connectivity index (χ3v) is 5.62. The van der Waals surface area contributed by atoms with Gasteiger partial charge < -0.3 is 10.2 Å². The number of fused-ring (bicyclic) bond motifs is 1. The summed E-state index contributed by atoms with van der Waals surface area (Å²) in [5.41, 5.74) is 6.83. The number of nitrogens with one attached hydrogen (secondary N) is 1. The zero-order valence-corrected chi connectivity index (χ0v) is 17.4. The first-order chi connectivity index (χ1) is 14.0. The van der Waals surface area contributed by atoms with Gasteiger partial charge in [-0.15, -0.1) is 0 Å². The van der Waals surface area contributed by atoms with E-state index in [4.69, 9.17) is 5.10 Å². The normalized spacial score (nSPS) is 13.5. The highest BCUT2D eigenvalue weighted by molar-refractivity contribution is 6.04. The van der Waals surface area contributed by atoms with Crippen LogP contribution in [0.2, 0.25) is 0 Å². The van der Waals surface area contributed by atoms with Gasteiger partial charge in [-0.25, -0.2) is 4.68 Å². The molecule has 0 atom stereocenters. The van der Waals surface area contributed by atoms with E-state index in [1.54, 1.807) is 0 Å². The molecule has 0 aliphatic heterocycles. The van der Waals surface area contributed by atoms with Gasteiger partial charge in [0.15, 0.2) is 5.69 Å². The van der Waals surface area contributed by atoms with Gasteiger partial charge in [0.2, 0.25) is 0 Å². The van der Waals surface area contributed by atoms with Crippen molar-refractivity contribution >= 4 is 17.3 Å². The largest absolute Gasteiger partial charge is 0.378 e. The highest BCUT2D eigenvalue weighted by Crippen LogP contribution is 2.28. The van der Waals surface area contributed by atoms with Crippen LogP contribution in [0.1, 0.15) is 46.6 Å². The zero-order chi connectivity index (χ0) is 20.4. The summed E-state index contributed by atoms with van der Waals surface area (Å²) in [6.45, 7) is 2.02. The van der Waals surface area contributed by atoms with Crippen LogP contribution in [-0.4, -0.2) is 29.8 Å². The maximum Gasteiger partial charge on any atom is 0.276 e. The summed E-state index contributed by atoms with van der Waals surface area (Å²) < 4.78 is 1.97. The topological polar surface area (TPSA) is 50.2 Å². The van der Waals surface area contributed by atoms with Gasteiger partial charge in [-0.05, 0) is 68.5 Å². The highest BCUT2D eigenvalue weighted by Gasteiger charge is 2.25. The molecule has 5 heteroatoms. The Morgan fingerprint density at radius 3 is 2.52 bits per heavy atom. The van der Waals surface area contributed by atoms with Crippen molar-refractivity contribution in [3.63, 3.8) is 0 Å². The Bertz CT molecular complexity index is 1020. The number of aryl methyl sites for hydroxylation is 1. The van der Waals surface area contributed by atoms with Gasteiger partial charge in [0.1, 0.15) is 0 Å². The van der Waals surface area contributed by atoms with Crippen molar-refractivity contribution in [2.45, 2.75) is 39.0 Å². The summed E-state index contributed by atoms with van der Waals surface area (Å²) in [5.74, 6) is -0.126. The lowest BCUT2D eigenvalue weighted by Gasteiger charge is -2.15. The molecule has 0 spiro atoms. The van der Waals surface area contributed by atoms with Crippen molar-refractivity contribution < 1.29 is 4.79 Å². The second kappa shape index (κ2) is 8.11. The van der Waals surface area contributed by atoms with E-state index in [1.165, 1.54) is 12.1 Å². The number of aromatic nitrogens is 2. The van der Waals surface area contributed by atoms with Crippen LogP contribution in [-0.2, 0) is 12.8 Å². The molecular formula is C24H28N4O. The van der Waals surface area contributed by atoms with Gasteiger partial charge in [0.25, 0.3) is 5.91 Å². The lowest BCUT2D eigenvalue weighted by Crippen LogP contribution is -2.16. The number of benzene rings is 2. The molecule has 4 rings (SSSR count). The molecule has 1 aliphatic carbocycles. The van der Waals surface area contributed by atoms with Crippen molar-refractivity contribution in [3.8, 4) is 5.69 Å². The van der Waals surface area contributed by atoms with Crippen LogP contribution in [0.4, 0.5) is 11.4 Å². The number of hydrogen-bond acceptors (Lipinski definition) is 3. The van der Waals surface area contributed by atoms with Crippen molar-refractivity contribution in [2.24, 2.45) is 0 Å². The van der Waals surface area contributed by atoms with E-state index in [0.29, 0.717) is 5.69 Å². The quantitative estimate of drug-likeness (QED) is 0.655. The van der Waals surface area contributed by atoms with Gasteiger partial charge in [0, 0.05) is 36.7 Å². The van der Waals surface area contributed by atoms with Gasteiger partial charge in [-0.2, -0.15) is 5.10 Å². The summed E-state index contributed by atoms with van der Waals surface area (Å²) >= 11 is 0. The van der Waals surface area contributed by atoms with E-state index in [0.717, 1.165) is 53.9 Å². The van der Waals surface area contributed by atoms with E-state index in [-0.39, 0.29) is 5.91 Å². The number of nitrogens with zero attached hydrogens (tertiary/aromatic N) is 3. The predicted molar refractivity (Wildman–Crippen MR) is 118 cm³/mol. The average Bonchev–Trinajstić information content (AvgIpc) is 2.91. The van der Waals surface area contributed by atoms with Crippen LogP contribution in [0.5, 0.6) is 0 Å². The number of carbonyl (C=O) groups is 1. The Hall–Kier alpha value is -3.08. The summed E-state index contributed by atoms with van der Waals surface area (Å²) in [4.78, 5) is 15.3. The SMILES string of the molecule is Cc1cc(N(C)C)ccc1NC(=O)c1nn(-c2ccccc2)c2c1CCCCC2. The van der Waals surface area contributed by atoms with Crippen LogP contribution in [0, 0.1) is 6.92 Å². The summed E-state index contributed by atoms with van der Waals surface area (Å²) in [5, 5.41) is 7.87. The maximum atomic E-state index is 13.2. The van der Waals surface area contributed by atoms with E-state index >= 15 is 0 Å². The number of hydrogen-bond donors (Lipinski definition) is 1. The molecule has 5 nitrogen and oxygen atoms in total. The van der Waals surface area contributed by atoms with E-state index < -0.39 is 0 Å². The van der Waals surface area contributed by atoms with Crippen molar-refractivity contribution in [1.82, 2.24) is 9.78 Å². The minimum absolute atomic E-state index is 0.126. The molecule has 0 saturated carbocycles. The zero-order valence-electron chi connectivity index (χ0n) is 17.4. The standard InChI is InChI=1S/C24H28N4O/c1-17-16-19(27(2)3)14-15-21(17)25-24(29)23-20-12-8-5-9-13-22(20)28(26-23)18-10-6-4-7-11-18/h4,6-7,10-11,14-16H,5,8-9,12-13H2,1-3H3,(H,25,29). The molecule has 0 radical (unpaired) electrons.